The number of hydrogen-bond acceptors (Lipinski definition) is 2. The van der Waals surface area contributed by atoms with Gasteiger partial charge in [-0.05, 0) is 151 Å². The van der Waals surface area contributed by atoms with Gasteiger partial charge in [-0.25, -0.2) is 0 Å². The van der Waals surface area contributed by atoms with Crippen LogP contribution in [-0.2, 0) is 4.79 Å². The minimum Gasteiger partial charge on any atom is -0.426 e. The zero-order valence-corrected chi connectivity index (χ0v) is 42.0. The molecule has 0 amide bonds. The molecular weight excluding hydrogens is 849 g/mol. The largest absolute Gasteiger partial charge is 0.426 e. The third-order valence-electron chi connectivity index (χ3n) is 15.8. The lowest BCUT2D eigenvalue weighted by atomic mass is 9.62. The maximum absolute atomic E-state index is 14.4. The molecular formula is C68H66O2. The molecule has 0 saturated heterocycles. The third-order valence-corrected chi connectivity index (χ3v) is 15.8. The minimum atomic E-state index is -0.667. The summed E-state index contributed by atoms with van der Waals surface area (Å²) >= 11 is 0. The molecule has 7 aromatic carbocycles. The number of rotatable bonds is 14. The minimum absolute atomic E-state index is 0.112. The van der Waals surface area contributed by atoms with Crippen LogP contribution in [0.5, 0.6) is 5.75 Å². The van der Waals surface area contributed by atoms with Gasteiger partial charge in [0.25, 0.3) is 0 Å². The van der Waals surface area contributed by atoms with Gasteiger partial charge in [-0.3, -0.25) is 4.79 Å². The summed E-state index contributed by atoms with van der Waals surface area (Å²) in [5.74, 6) is 1.53. The van der Waals surface area contributed by atoms with Gasteiger partial charge in [-0.15, -0.1) is 0 Å². The van der Waals surface area contributed by atoms with Crippen LogP contribution in [-0.4, -0.2) is 5.97 Å². The highest BCUT2D eigenvalue weighted by atomic mass is 16.5. The zero-order chi connectivity index (χ0) is 48.9. The second kappa shape index (κ2) is 20.4. The fraction of sp³-hybridized carbons (Fsp3) is 0.221. The molecule has 2 nitrogen and oxygen atoms in total. The molecule has 9 rings (SSSR count). The van der Waals surface area contributed by atoms with Gasteiger partial charge in [0.2, 0.25) is 0 Å². The first-order chi connectivity index (χ1) is 33.8. The molecule has 0 spiro atoms. The molecule has 2 heteroatoms. The zero-order valence-electron chi connectivity index (χ0n) is 42.0. The van der Waals surface area contributed by atoms with Gasteiger partial charge in [-0.1, -0.05) is 242 Å². The van der Waals surface area contributed by atoms with Crippen molar-refractivity contribution >= 4 is 36.3 Å². The number of carbonyl (C=O) groups excluding carboxylic acids is 1. The van der Waals surface area contributed by atoms with Gasteiger partial charge < -0.3 is 4.74 Å². The Morgan fingerprint density at radius 3 is 1.39 bits per heavy atom. The SMILES string of the molecule is CC1C(C)C1(C)CC(C)(C(=O)Oc1ccc(-c2c(-c3ccc(C=CC4=CCCC=C4)cc3)cc(-c3ccc(C=Cc4ccccc4)cc3)cc2-c2ccc(C=Cc3ccccc3)cc2)cc1)C(C)(C)C. The Labute approximate surface area is 417 Å². The van der Waals surface area contributed by atoms with E-state index in [-0.39, 0.29) is 16.8 Å². The summed E-state index contributed by atoms with van der Waals surface area (Å²) in [7, 11) is 0. The number of benzene rings is 7. The van der Waals surface area contributed by atoms with E-state index in [4.69, 9.17) is 4.74 Å². The Morgan fingerprint density at radius 1 is 0.529 bits per heavy atom. The predicted octanol–water partition coefficient (Wildman–Crippen LogP) is 18.6. The van der Waals surface area contributed by atoms with E-state index in [0.29, 0.717) is 17.6 Å². The van der Waals surface area contributed by atoms with Gasteiger partial charge in [0.15, 0.2) is 0 Å². The van der Waals surface area contributed by atoms with Crippen LogP contribution in [0.4, 0.5) is 0 Å². The van der Waals surface area contributed by atoms with Crippen molar-refractivity contribution in [2.24, 2.45) is 28.1 Å². The van der Waals surface area contributed by atoms with E-state index in [0.717, 1.165) is 86.0 Å². The molecule has 1 saturated carbocycles. The number of ether oxygens (including phenoxy) is 1. The summed E-state index contributed by atoms with van der Waals surface area (Å²) in [6.45, 7) is 15.6. The Bertz CT molecular complexity index is 3080. The molecule has 0 bridgehead atoms. The molecule has 3 atom stereocenters. The second-order valence-corrected chi connectivity index (χ2v) is 21.1. The van der Waals surface area contributed by atoms with Crippen LogP contribution in [0, 0.1) is 28.1 Å². The molecule has 1 fully saturated rings. The first kappa shape index (κ1) is 47.8. The van der Waals surface area contributed by atoms with Crippen LogP contribution >= 0.6 is 0 Å². The molecule has 2 aliphatic carbocycles. The van der Waals surface area contributed by atoms with Crippen LogP contribution in [0.2, 0.25) is 0 Å². The van der Waals surface area contributed by atoms with E-state index in [9.17, 15) is 4.79 Å². The first-order valence-electron chi connectivity index (χ1n) is 25.1. The second-order valence-electron chi connectivity index (χ2n) is 21.1. The number of carbonyl (C=O) groups is 1. The summed E-state index contributed by atoms with van der Waals surface area (Å²) in [6, 6.07) is 60.4. The molecule has 0 heterocycles. The Kier molecular flexibility index (Phi) is 13.9. The molecule has 0 N–H and O–H groups in total. The van der Waals surface area contributed by atoms with E-state index < -0.39 is 5.41 Å². The summed E-state index contributed by atoms with van der Waals surface area (Å²) in [4.78, 5) is 14.4. The quantitative estimate of drug-likeness (QED) is 0.0617. The predicted molar refractivity (Wildman–Crippen MR) is 299 cm³/mol. The number of allylic oxidation sites excluding steroid dienone is 5. The Balaban J connectivity index is 1.14. The Morgan fingerprint density at radius 2 is 0.957 bits per heavy atom. The van der Waals surface area contributed by atoms with Crippen molar-refractivity contribution in [3.63, 3.8) is 0 Å². The third kappa shape index (κ3) is 10.6. The lowest BCUT2D eigenvalue weighted by Crippen LogP contribution is -2.44. The number of esters is 1. The van der Waals surface area contributed by atoms with Crippen LogP contribution in [0.15, 0.2) is 200 Å². The summed E-state index contributed by atoms with van der Waals surface area (Å²) in [5, 5.41) is 0. The molecule has 0 radical (unpaired) electrons. The fourth-order valence-electron chi connectivity index (χ4n) is 10.1. The lowest BCUT2D eigenvalue weighted by Gasteiger charge is -2.41. The van der Waals surface area contributed by atoms with Crippen LogP contribution in [0.1, 0.15) is 95.5 Å². The average Bonchev–Trinajstić information content (AvgIpc) is 3.86. The van der Waals surface area contributed by atoms with Crippen molar-refractivity contribution in [1.29, 1.82) is 0 Å². The first-order valence-corrected chi connectivity index (χ1v) is 25.1. The van der Waals surface area contributed by atoms with Gasteiger partial charge in [0.1, 0.15) is 5.75 Å². The van der Waals surface area contributed by atoms with Gasteiger partial charge in [0.05, 0.1) is 5.41 Å². The van der Waals surface area contributed by atoms with E-state index in [1.165, 1.54) is 11.1 Å². The van der Waals surface area contributed by atoms with Crippen LogP contribution in [0.25, 0.3) is 74.9 Å². The van der Waals surface area contributed by atoms with Crippen LogP contribution < -0.4 is 4.74 Å². The summed E-state index contributed by atoms with van der Waals surface area (Å²) in [5.41, 5.74) is 15.0. The standard InChI is InChI=1S/C68H66O2/c1-48-49(2)67(48,6)47-68(7,66(3,4)5)65(69)70-61-43-41-59(42-44-61)64-62(57-37-31-54(32-38-57)27-24-51-19-13-9-14-20-51)45-60(56-35-29-53(30-36-56)26-23-50-17-11-8-12-18-50)46-63(64)58-39-33-55(34-40-58)28-25-52-21-15-10-16-22-52/h8-9,11-15,17-46,48-49H,10,16,47H2,1-7H3. The van der Waals surface area contributed by atoms with Gasteiger partial charge in [-0.2, -0.15) is 0 Å². The topological polar surface area (TPSA) is 26.3 Å². The van der Waals surface area contributed by atoms with Crippen molar-refractivity contribution in [3.05, 3.63) is 228 Å². The van der Waals surface area contributed by atoms with Crippen molar-refractivity contribution in [2.75, 3.05) is 0 Å². The molecule has 70 heavy (non-hydrogen) atoms. The molecule has 0 aromatic heterocycles. The molecule has 350 valence electrons. The van der Waals surface area contributed by atoms with Crippen molar-refractivity contribution in [3.8, 4) is 50.3 Å². The highest BCUT2D eigenvalue weighted by molar-refractivity contribution is 5.98. The normalized spacial score (nSPS) is 18.8. The summed E-state index contributed by atoms with van der Waals surface area (Å²) < 4.78 is 6.38. The van der Waals surface area contributed by atoms with Gasteiger partial charge >= 0.3 is 5.97 Å². The monoisotopic (exact) mass is 915 g/mol. The van der Waals surface area contributed by atoms with Crippen molar-refractivity contribution in [2.45, 2.75) is 67.7 Å². The molecule has 0 aliphatic heterocycles. The van der Waals surface area contributed by atoms with E-state index >= 15 is 0 Å². The smallest absolute Gasteiger partial charge is 0.317 e. The van der Waals surface area contributed by atoms with Gasteiger partial charge in [0, 0.05) is 0 Å². The van der Waals surface area contributed by atoms with E-state index in [1.54, 1.807) is 0 Å². The lowest BCUT2D eigenvalue weighted by molar-refractivity contribution is -0.153. The molecule has 3 unspecified atom stereocenters. The maximum Gasteiger partial charge on any atom is 0.317 e. The Hall–Kier alpha value is -7.29. The van der Waals surface area contributed by atoms with E-state index in [1.807, 2.05) is 24.3 Å². The van der Waals surface area contributed by atoms with Crippen molar-refractivity contribution < 1.29 is 9.53 Å². The van der Waals surface area contributed by atoms with Crippen LogP contribution in [0.3, 0.4) is 0 Å². The average molecular weight is 915 g/mol. The maximum atomic E-state index is 14.4. The fourth-order valence-corrected chi connectivity index (χ4v) is 10.1. The summed E-state index contributed by atoms with van der Waals surface area (Å²) in [6.07, 6.45) is 22.8. The highest BCUT2D eigenvalue weighted by Gasteiger charge is 2.61. The number of hydrogen-bond donors (Lipinski definition) is 0. The highest BCUT2D eigenvalue weighted by Crippen LogP contribution is 2.65. The molecule has 2 aliphatic rings. The van der Waals surface area contributed by atoms with E-state index in [2.05, 4.69) is 249 Å². The van der Waals surface area contributed by atoms with Crippen molar-refractivity contribution in [1.82, 2.24) is 0 Å². The molecule has 7 aromatic rings.